The molecule has 2 unspecified atom stereocenters. The summed E-state index contributed by atoms with van der Waals surface area (Å²) in [4.78, 5) is 2.25. The van der Waals surface area contributed by atoms with Gasteiger partial charge in [-0.1, -0.05) is 24.6 Å². The normalized spacial score (nSPS) is 24.7. The van der Waals surface area contributed by atoms with Gasteiger partial charge >= 0.3 is 0 Å². The molecule has 0 amide bonds. The van der Waals surface area contributed by atoms with Crippen LogP contribution in [0.25, 0.3) is 0 Å². The molecule has 0 aliphatic carbocycles. The van der Waals surface area contributed by atoms with Gasteiger partial charge in [-0.05, 0) is 44.0 Å². The molecule has 1 fully saturated rings. The van der Waals surface area contributed by atoms with Crippen LogP contribution in [0.5, 0.6) is 5.75 Å². The average Bonchev–Trinajstić information content (AvgIpc) is 2.74. The lowest BCUT2D eigenvalue weighted by atomic mass is 9.97. The SMILES string of the molecule is CCc1cc(Cl)c(O)c(C2CC(CN)CN2C)c1. The molecule has 0 aromatic heterocycles. The molecule has 18 heavy (non-hydrogen) atoms. The second kappa shape index (κ2) is 5.47. The van der Waals surface area contributed by atoms with Gasteiger partial charge in [0.1, 0.15) is 5.75 Å². The molecule has 100 valence electrons. The summed E-state index contributed by atoms with van der Waals surface area (Å²) >= 11 is 6.10. The zero-order valence-electron chi connectivity index (χ0n) is 11.0. The molecule has 1 saturated heterocycles. The van der Waals surface area contributed by atoms with Gasteiger partial charge in [0.15, 0.2) is 0 Å². The number of phenolic OH excluding ortho intramolecular Hbond substituents is 1. The van der Waals surface area contributed by atoms with Gasteiger partial charge in [0.05, 0.1) is 5.02 Å². The third-order valence-corrected chi connectivity index (χ3v) is 4.18. The molecule has 2 atom stereocenters. The van der Waals surface area contributed by atoms with Crippen molar-refractivity contribution in [2.24, 2.45) is 11.7 Å². The lowest BCUT2D eigenvalue weighted by molar-refractivity contribution is 0.305. The molecule has 2 rings (SSSR count). The van der Waals surface area contributed by atoms with Gasteiger partial charge in [0, 0.05) is 18.2 Å². The van der Waals surface area contributed by atoms with E-state index in [0.29, 0.717) is 17.5 Å². The number of rotatable bonds is 3. The number of aromatic hydroxyl groups is 1. The van der Waals surface area contributed by atoms with E-state index in [1.807, 2.05) is 6.07 Å². The Hall–Kier alpha value is -0.770. The Morgan fingerprint density at radius 1 is 1.50 bits per heavy atom. The Morgan fingerprint density at radius 2 is 2.22 bits per heavy atom. The van der Waals surface area contributed by atoms with E-state index in [1.54, 1.807) is 0 Å². The number of likely N-dealkylation sites (tertiary alicyclic amines) is 1. The predicted octanol–water partition coefficient (Wildman–Crippen LogP) is 2.56. The summed E-state index contributed by atoms with van der Waals surface area (Å²) in [5.41, 5.74) is 7.85. The molecule has 1 aliphatic rings. The maximum atomic E-state index is 10.2. The molecular formula is C14H21ClN2O. The number of hydrogen-bond acceptors (Lipinski definition) is 3. The van der Waals surface area contributed by atoms with Crippen molar-refractivity contribution < 1.29 is 5.11 Å². The van der Waals surface area contributed by atoms with Crippen LogP contribution in [0, 0.1) is 5.92 Å². The Balaban J connectivity index is 2.35. The molecule has 0 spiro atoms. The monoisotopic (exact) mass is 268 g/mol. The van der Waals surface area contributed by atoms with E-state index in [0.717, 1.165) is 30.5 Å². The van der Waals surface area contributed by atoms with Crippen molar-refractivity contribution in [2.45, 2.75) is 25.8 Å². The van der Waals surface area contributed by atoms with E-state index in [9.17, 15) is 5.11 Å². The van der Waals surface area contributed by atoms with Gasteiger partial charge in [0.25, 0.3) is 0 Å². The van der Waals surface area contributed by atoms with E-state index in [4.69, 9.17) is 17.3 Å². The lowest BCUT2D eigenvalue weighted by Crippen LogP contribution is -2.20. The molecule has 1 heterocycles. The number of hydrogen-bond donors (Lipinski definition) is 2. The van der Waals surface area contributed by atoms with Crippen molar-refractivity contribution in [2.75, 3.05) is 20.1 Å². The van der Waals surface area contributed by atoms with Gasteiger partial charge in [-0.25, -0.2) is 0 Å². The fourth-order valence-electron chi connectivity index (χ4n) is 2.78. The van der Waals surface area contributed by atoms with Crippen LogP contribution in [0.2, 0.25) is 5.02 Å². The maximum Gasteiger partial charge on any atom is 0.138 e. The largest absolute Gasteiger partial charge is 0.506 e. The molecule has 1 aromatic rings. The molecule has 3 N–H and O–H groups in total. The number of nitrogens with zero attached hydrogens (tertiary/aromatic N) is 1. The second-order valence-electron chi connectivity index (χ2n) is 5.16. The van der Waals surface area contributed by atoms with Crippen molar-refractivity contribution in [3.05, 3.63) is 28.3 Å². The van der Waals surface area contributed by atoms with Gasteiger partial charge in [-0.15, -0.1) is 0 Å². The Kier molecular flexibility index (Phi) is 4.15. The predicted molar refractivity (Wildman–Crippen MR) is 75.0 cm³/mol. The van der Waals surface area contributed by atoms with Crippen LogP contribution in [-0.2, 0) is 6.42 Å². The number of phenols is 1. The number of benzene rings is 1. The minimum atomic E-state index is 0.225. The first kappa shape index (κ1) is 13.7. The standard InChI is InChI=1S/C14H21ClN2O/c1-3-9-4-11(14(18)12(15)5-9)13-6-10(7-16)8-17(13)2/h4-5,10,13,18H,3,6-8,16H2,1-2H3. The minimum Gasteiger partial charge on any atom is -0.506 e. The van der Waals surface area contributed by atoms with Crippen LogP contribution >= 0.6 is 11.6 Å². The summed E-state index contributed by atoms with van der Waals surface area (Å²) in [6.07, 6.45) is 1.91. The zero-order chi connectivity index (χ0) is 13.3. The van der Waals surface area contributed by atoms with E-state index in [-0.39, 0.29) is 11.8 Å². The molecule has 0 bridgehead atoms. The minimum absolute atomic E-state index is 0.225. The Morgan fingerprint density at radius 3 is 2.78 bits per heavy atom. The van der Waals surface area contributed by atoms with Gasteiger partial charge < -0.3 is 10.8 Å². The molecule has 3 nitrogen and oxygen atoms in total. The summed E-state index contributed by atoms with van der Waals surface area (Å²) < 4.78 is 0. The molecule has 1 aliphatic heterocycles. The van der Waals surface area contributed by atoms with E-state index in [2.05, 4.69) is 24.9 Å². The summed E-state index contributed by atoms with van der Waals surface area (Å²) in [7, 11) is 2.08. The van der Waals surface area contributed by atoms with Crippen molar-refractivity contribution in [3.8, 4) is 5.75 Å². The molecule has 1 aromatic carbocycles. The maximum absolute atomic E-state index is 10.2. The first-order valence-electron chi connectivity index (χ1n) is 6.48. The number of nitrogens with two attached hydrogens (primary N) is 1. The topological polar surface area (TPSA) is 49.5 Å². The number of halogens is 1. The fourth-order valence-corrected chi connectivity index (χ4v) is 3.03. The summed E-state index contributed by atoms with van der Waals surface area (Å²) in [6, 6.07) is 4.14. The smallest absolute Gasteiger partial charge is 0.138 e. The van der Waals surface area contributed by atoms with Crippen LogP contribution in [0.3, 0.4) is 0 Å². The molecule has 4 heteroatoms. The van der Waals surface area contributed by atoms with E-state index >= 15 is 0 Å². The summed E-state index contributed by atoms with van der Waals surface area (Å²) in [5, 5.41) is 10.6. The molecule has 0 saturated carbocycles. The van der Waals surface area contributed by atoms with Crippen LogP contribution in [0.4, 0.5) is 0 Å². The van der Waals surface area contributed by atoms with E-state index < -0.39 is 0 Å². The van der Waals surface area contributed by atoms with Crippen molar-refractivity contribution >= 4 is 11.6 Å². The van der Waals surface area contributed by atoms with E-state index in [1.165, 1.54) is 0 Å². The van der Waals surface area contributed by atoms with Crippen molar-refractivity contribution in [3.63, 3.8) is 0 Å². The highest BCUT2D eigenvalue weighted by atomic mass is 35.5. The van der Waals surface area contributed by atoms with Gasteiger partial charge in [0.2, 0.25) is 0 Å². The Bertz CT molecular complexity index is 436. The number of aryl methyl sites for hydroxylation is 1. The van der Waals surface area contributed by atoms with Gasteiger partial charge in [-0.3, -0.25) is 4.90 Å². The zero-order valence-corrected chi connectivity index (χ0v) is 11.7. The van der Waals surface area contributed by atoms with Gasteiger partial charge in [-0.2, -0.15) is 0 Å². The van der Waals surface area contributed by atoms with Crippen LogP contribution in [0.1, 0.15) is 30.5 Å². The summed E-state index contributed by atoms with van der Waals surface area (Å²) in [6.45, 7) is 3.77. The first-order valence-corrected chi connectivity index (χ1v) is 6.86. The average molecular weight is 269 g/mol. The third-order valence-electron chi connectivity index (χ3n) is 3.89. The lowest BCUT2D eigenvalue weighted by Gasteiger charge is -2.21. The molecular weight excluding hydrogens is 248 g/mol. The first-order chi connectivity index (χ1) is 8.56. The fraction of sp³-hybridized carbons (Fsp3) is 0.571. The van der Waals surface area contributed by atoms with Crippen LogP contribution < -0.4 is 5.73 Å². The highest BCUT2D eigenvalue weighted by molar-refractivity contribution is 6.32. The quantitative estimate of drug-likeness (QED) is 0.886. The highest BCUT2D eigenvalue weighted by Crippen LogP contribution is 2.41. The second-order valence-corrected chi connectivity index (χ2v) is 5.57. The third kappa shape index (κ3) is 2.48. The van der Waals surface area contributed by atoms with Crippen LogP contribution in [-0.4, -0.2) is 30.1 Å². The summed E-state index contributed by atoms with van der Waals surface area (Å²) in [5.74, 6) is 0.729. The van der Waals surface area contributed by atoms with Crippen molar-refractivity contribution in [1.82, 2.24) is 4.90 Å². The van der Waals surface area contributed by atoms with Crippen LogP contribution in [0.15, 0.2) is 12.1 Å². The van der Waals surface area contributed by atoms with Crippen molar-refractivity contribution in [1.29, 1.82) is 0 Å². The molecule has 0 radical (unpaired) electrons. The highest BCUT2D eigenvalue weighted by Gasteiger charge is 2.31. The Labute approximate surface area is 114 Å².